The highest BCUT2D eigenvalue weighted by atomic mass is 32.2. The molecule has 0 aliphatic heterocycles. The smallest absolute Gasteiger partial charge is 0.265 e. The van der Waals surface area contributed by atoms with Crippen molar-refractivity contribution < 1.29 is 13.2 Å². The van der Waals surface area contributed by atoms with Crippen molar-refractivity contribution in [2.45, 2.75) is 51.3 Å². The minimum atomic E-state index is -4.13. The van der Waals surface area contributed by atoms with Crippen molar-refractivity contribution in [3.05, 3.63) is 64.5 Å². The van der Waals surface area contributed by atoms with Crippen LogP contribution in [0.4, 0.5) is 5.69 Å². The minimum Gasteiger partial charge on any atom is -0.368 e. The van der Waals surface area contributed by atoms with E-state index in [9.17, 15) is 13.2 Å². The van der Waals surface area contributed by atoms with Gasteiger partial charge in [0.15, 0.2) is 0 Å². The lowest BCUT2D eigenvalue weighted by Gasteiger charge is -2.26. The first-order valence-corrected chi connectivity index (χ1v) is 13.3. The Balaban J connectivity index is 1.64. The summed E-state index contributed by atoms with van der Waals surface area (Å²) in [4.78, 5) is 12.3. The van der Waals surface area contributed by atoms with Crippen molar-refractivity contribution in [1.82, 2.24) is 30.4 Å². The Labute approximate surface area is 214 Å². The number of aromatic amines is 1. The van der Waals surface area contributed by atoms with Crippen LogP contribution in [0, 0.1) is 27.7 Å². The third-order valence-corrected chi connectivity index (χ3v) is 8.91. The molecule has 0 unspecified atom stereocenters. The van der Waals surface area contributed by atoms with Crippen LogP contribution in [-0.2, 0) is 14.8 Å². The summed E-state index contributed by atoms with van der Waals surface area (Å²) in [6, 6.07) is 8.89. The number of carbonyl (C=O) groups is 1. The van der Waals surface area contributed by atoms with Gasteiger partial charge in [-0.25, -0.2) is 13.1 Å². The SMILES string of the molecule is Cc1cc(C)c(C)c(S(=O)(=O)N(CC(N)=O)c2cccc(-n3ncc(-c4nn[nH]n4)c3C3CC3)c2)c1C. The van der Waals surface area contributed by atoms with Gasteiger partial charge in [-0.15, -0.1) is 10.2 Å². The van der Waals surface area contributed by atoms with Crippen molar-refractivity contribution in [2.24, 2.45) is 5.73 Å². The molecule has 1 aliphatic carbocycles. The molecule has 0 bridgehead atoms. The van der Waals surface area contributed by atoms with Crippen molar-refractivity contribution in [1.29, 1.82) is 0 Å². The molecule has 37 heavy (non-hydrogen) atoms. The average Bonchev–Trinajstić information content (AvgIpc) is 3.35. The summed E-state index contributed by atoms with van der Waals surface area (Å²) in [6.07, 6.45) is 3.69. The summed E-state index contributed by atoms with van der Waals surface area (Å²) < 4.78 is 31.0. The molecule has 11 nitrogen and oxygen atoms in total. The van der Waals surface area contributed by atoms with Crippen LogP contribution in [-0.4, -0.2) is 51.3 Å². The molecular weight excluding hydrogens is 492 g/mol. The van der Waals surface area contributed by atoms with Gasteiger partial charge in [-0.3, -0.25) is 9.10 Å². The number of aryl methyl sites for hydroxylation is 2. The molecule has 0 atom stereocenters. The fourth-order valence-electron chi connectivity index (χ4n) is 4.68. The van der Waals surface area contributed by atoms with E-state index in [0.717, 1.165) is 39.5 Å². The Morgan fingerprint density at radius 3 is 2.43 bits per heavy atom. The Kier molecular flexibility index (Phi) is 6.06. The van der Waals surface area contributed by atoms with Gasteiger partial charge in [0.1, 0.15) is 6.54 Å². The van der Waals surface area contributed by atoms with Gasteiger partial charge < -0.3 is 5.73 Å². The zero-order valence-electron chi connectivity index (χ0n) is 21.1. The number of rotatable bonds is 8. The highest BCUT2D eigenvalue weighted by Gasteiger charge is 2.34. The lowest BCUT2D eigenvalue weighted by molar-refractivity contribution is -0.116. The number of nitrogens with one attached hydrogen (secondary N) is 1. The van der Waals surface area contributed by atoms with E-state index < -0.39 is 22.5 Å². The molecule has 0 radical (unpaired) electrons. The molecule has 3 N–H and O–H groups in total. The number of benzene rings is 2. The van der Waals surface area contributed by atoms with E-state index >= 15 is 0 Å². The fourth-order valence-corrected chi connectivity index (χ4v) is 6.68. The number of hydrogen-bond donors (Lipinski definition) is 2. The van der Waals surface area contributed by atoms with Gasteiger partial charge in [0.25, 0.3) is 10.0 Å². The summed E-state index contributed by atoms with van der Waals surface area (Å²) in [7, 11) is -4.13. The third kappa shape index (κ3) is 4.37. The zero-order valence-corrected chi connectivity index (χ0v) is 21.9. The quantitative estimate of drug-likeness (QED) is 0.362. The summed E-state index contributed by atoms with van der Waals surface area (Å²) in [6.45, 7) is 6.80. The second-order valence-corrected chi connectivity index (χ2v) is 11.3. The molecular formula is C25H28N8O3S. The highest BCUT2D eigenvalue weighted by molar-refractivity contribution is 7.93. The van der Waals surface area contributed by atoms with E-state index in [1.807, 2.05) is 26.0 Å². The molecule has 1 fully saturated rings. The molecule has 1 amide bonds. The van der Waals surface area contributed by atoms with Gasteiger partial charge in [-0.1, -0.05) is 12.1 Å². The second-order valence-electron chi connectivity index (χ2n) is 9.45. The number of carbonyl (C=O) groups excluding carboxylic acids is 1. The largest absolute Gasteiger partial charge is 0.368 e. The van der Waals surface area contributed by atoms with Crippen molar-refractivity contribution in [3.63, 3.8) is 0 Å². The van der Waals surface area contributed by atoms with Crippen LogP contribution in [0.3, 0.4) is 0 Å². The number of primary amides is 1. The van der Waals surface area contributed by atoms with Gasteiger partial charge in [0.05, 0.1) is 33.7 Å². The predicted octanol–water partition coefficient (Wildman–Crippen LogP) is 2.84. The van der Waals surface area contributed by atoms with Crippen molar-refractivity contribution >= 4 is 21.6 Å². The Morgan fingerprint density at radius 2 is 1.84 bits per heavy atom. The lowest BCUT2D eigenvalue weighted by atomic mass is 10.0. The minimum absolute atomic E-state index is 0.189. The first-order chi connectivity index (χ1) is 17.6. The predicted molar refractivity (Wildman–Crippen MR) is 138 cm³/mol. The Hall–Kier alpha value is -4.06. The molecule has 192 valence electrons. The molecule has 2 aromatic heterocycles. The van der Waals surface area contributed by atoms with Crippen LogP contribution in [0.15, 0.2) is 41.4 Å². The fraction of sp³-hybridized carbons (Fsp3) is 0.320. The molecule has 0 spiro atoms. The standard InChI is InChI=1S/C25H28N8O3S/c1-14-10-15(2)17(4)24(16(14)3)37(35,36)32(13-22(26)34)19-6-5-7-20(11-19)33-23(18-8-9-18)21(12-27-33)25-28-30-31-29-25/h5-7,10-12,18H,8-9,13H2,1-4H3,(H2,26,34)(H,28,29,30,31). The van der Waals surface area contributed by atoms with Crippen LogP contribution in [0.1, 0.15) is 46.7 Å². The maximum atomic E-state index is 14.1. The molecule has 2 heterocycles. The zero-order chi connectivity index (χ0) is 26.5. The number of amides is 1. The molecule has 2 aromatic carbocycles. The van der Waals surface area contributed by atoms with Crippen LogP contribution in [0.25, 0.3) is 17.1 Å². The van der Waals surface area contributed by atoms with E-state index in [2.05, 4.69) is 25.7 Å². The number of anilines is 1. The lowest BCUT2D eigenvalue weighted by Crippen LogP contribution is -2.39. The summed E-state index contributed by atoms with van der Waals surface area (Å²) >= 11 is 0. The van der Waals surface area contributed by atoms with Gasteiger partial charge in [0, 0.05) is 5.92 Å². The Morgan fingerprint density at radius 1 is 1.14 bits per heavy atom. The van der Waals surface area contributed by atoms with Crippen LogP contribution >= 0.6 is 0 Å². The molecule has 1 aliphatic rings. The second kappa shape index (κ2) is 9.11. The molecule has 0 saturated heterocycles. The van der Waals surface area contributed by atoms with E-state index in [-0.39, 0.29) is 10.8 Å². The molecule has 4 aromatic rings. The number of aromatic nitrogens is 6. The number of sulfonamides is 1. The van der Waals surface area contributed by atoms with Gasteiger partial charge in [-0.2, -0.15) is 10.3 Å². The first-order valence-electron chi connectivity index (χ1n) is 11.9. The van der Waals surface area contributed by atoms with E-state index in [4.69, 9.17) is 5.73 Å². The van der Waals surface area contributed by atoms with Crippen LogP contribution in [0.5, 0.6) is 0 Å². The van der Waals surface area contributed by atoms with E-state index in [1.54, 1.807) is 42.9 Å². The number of nitrogens with two attached hydrogens (primary N) is 1. The summed E-state index contributed by atoms with van der Waals surface area (Å²) in [5.74, 6) is -0.0282. The molecule has 1 saturated carbocycles. The third-order valence-electron chi connectivity index (χ3n) is 6.86. The summed E-state index contributed by atoms with van der Waals surface area (Å²) in [5, 5.41) is 18.9. The van der Waals surface area contributed by atoms with E-state index in [1.165, 1.54) is 0 Å². The van der Waals surface area contributed by atoms with Gasteiger partial charge >= 0.3 is 0 Å². The average molecular weight is 521 g/mol. The number of tetrazole rings is 1. The highest BCUT2D eigenvalue weighted by Crippen LogP contribution is 2.44. The van der Waals surface area contributed by atoms with Gasteiger partial charge in [0.2, 0.25) is 11.7 Å². The molecule has 5 rings (SSSR count). The monoisotopic (exact) mass is 520 g/mol. The van der Waals surface area contributed by atoms with Crippen molar-refractivity contribution in [2.75, 3.05) is 10.8 Å². The first kappa shape index (κ1) is 24.6. The van der Waals surface area contributed by atoms with Crippen LogP contribution in [0.2, 0.25) is 0 Å². The number of hydrogen-bond acceptors (Lipinski definition) is 7. The Bertz CT molecular complexity index is 1580. The van der Waals surface area contributed by atoms with E-state index in [0.29, 0.717) is 28.3 Å². The topological polar surface area (TPSA) is 153 Å². The molecule has 12 heteroatoms. The number of H-pyrrole nitrogens is 1. The van der Waals surface area contributed by atoms with Gasteiger partial charge in [-0.05, 0) is 86.2 Å². The number of nitrogens with zero attached hydrogens (tertiary/aromatic N) is 6. The maximum Gasteiger partial charge on any atom is 0.265 e. The summed E-state index contributed by atoms with van der Waals surface area (Å²) in [5.41, 5.74) is 11.2. The maximum absolute atomic E-state index is 14.1. The van der Waals surface area contributed by atoms with Crippen molar-refractivity contribution in [3.8, 4) is 17.1 Å². The normalized spacial score (nSPS) is 13.6. The van der Waals surface area contributed by atoms with Crippen LogP contribution < -0.4 is 10.0 Å².